The molecule has 2 aliphatic heterocycles. The van der Waals surface area contributed by atoms with Crippen molar-refractivity contribution in [2.45, 2.75) is 31.5 Å². The smallest absolute Gasteiger partial charge is 0.410 e. The van der Waals surface area contributed by atoms with Crippen LogP contribution in [0.1, 0.15) is 28.8 Å². The van der Waals surface area contributed by atoms with Crippen LogP contribution in [0.3, 0.4) is 0 Å². The SMILES string of the molecule is O=C(c1ccc2ccccc2c1)C1CC2COCC(C1)N2C(=O)OCc1ccccc1. The standard InChI is InChI=1S/C26H25NO4/c28-25(21-11-10-19-8-4-5-9-20(19)12-21)22-13-23-16-30-17-24(14-22)27(23)26(29)31-15-18-6-2-1-3-7-18/h1-12,22-24H,13-17H2. The van der Waals surface area contributed by atoms with Gasteiger partial charge in [-0.15, -0.1) is 0 Å². The molecule has 2 heterocycles. The summed E-state index contributed by atoms with van der Waals surface area (Å²) < 4.78 is 11.3. The third-order valence-corrected chi connectivity index (χ3v) is 6.34. The molecule has 2 atom stereocenters. The van der Waals surface area contributed by atoms with Crippen molar-refractivity contribution in [2.75, 3.05) is 13.2 Å². The van der Waals surface area contributed by atoms with E-state index in [0.29, 0.717) is 26.1 Å². The van der Waals surface area contributed by atoms with Gasteiger partial charge in [-0.2, -0.15) is 0 Å². The zero-order valence-corrected chi connectivity index (χ0v) is 17.3. The molecule has 2 fully saturated rings. The molecule has 2 aliphatic rings. The Morgan fingerprint density at radius 2 is 1.55 bits per heavy atom. The zero-order valence-electron chi connectivity index (χ0n) is 17.3. The summed E-state index contributed by atoms with van der Waals surface area (Å²) in [6.07, 6.45) is 0.879. The van der Waals surface area contributed by atoms with Crippen LogP contribution in [0.4, 0.5) is 4.79 Å². The quantitative estimate of drug-likeness (QED) is 0.572. The fourth-order valence-corrected chi connectivity index (χ4v) is 4.80. The number of ether oxygens (including phenoxy) is 2. The van der Waals surface area contributed by atoms with Crippen LogP contribution in [0.5, 0.6) is 0 Å². The molecule has 2 saturated heterocycles. The summed E-state index contributed by atoms with van der Waals surface area (Å²) in [6.45, 7) is 1.13. The Balaban J connectivity index is 1.29. The molecule has 3 aromatic carbocycles. The summed E-state index contributed by atoms with van der Waals surface area (Å²) in [4.78, 5) is 27.9. The molecule has 0 aliphatic carbocycles. The molecule has 2 unspecified atom stereocenters. The average molecular weight is 415 g/mol. The monoisotopic (exact) mass is 415 g/mol. The van der Waals surface area contributed by atoms with Gasteiger partial charge in [-0.1, -0.05) is 66.7 Å². The second-order valence-corrected chi connectivity index (χ2v) is 8.39. The Bertz CT molecular complexity index is 1080. The highest BCUT2D eigenvalue weighted by Gasteiger charge is 2.44. The van der Waals surface area contributed by atoms with Crippen molar-refractivity contribution in [1.29, 1.82) is 0 Å². The van der Waals surface area contributed by atoms with E-state index in [1.165, 1.54) is 0 Å². The van der Waals surface area contributed by atoms with E-state index in [0.717, 1.165) is 21.9 Å². The molecule has 0 saturated carbocycles. The molecule has 5 heteroatoms. The molecule has 0 spiro atoms. The average Bonchev–Trinajstić information content (AvgIpc) is 2.81. The normalized spacial score (nSPS) is 22.8. The summed E-state index contributed by atoms with van der Waals surface area (Å²) in [5, 5.41) is 2.19. The lowest BCUT2D eigenvalue weighted by Gasteiger charge is -2.47. The van der Waals surface area contributed by atoms with Crippen molar-refractivity contribution in [2.24, 2.45) is 5.92 Å². The van der Waals surface area contributed by atoms with Crippen LogP contribution >= 0.6 is 0 Å². The van der Waals surface area contributed by atoms with Gasteiger partial charge in [-0.05, 0) is 35.2 Å². The van der Waals surface area contributed by atoms with E-state index in [1.807, 2.05) is 72.8 Å². The van der Waals surface area contributed by atoms with Crippen molar-refractivity contribution in [3.63, 3.8) is 0 Å². The minimum atomic E-state index is -0.321. The van der Waals surface area contributed by atoms with Crippen molar-refractivity contribution in [3.05, 3.63) is 83.9 Å². The van der Waals surface area contributed by atoms with Gasteiger partial charge in [-0.25, -0.2) is 4.79 Å². The second kappa shape index (κ2) is 8.52. The lowest BCUT2D eigenvalue weighted by atomic mass is 9.80. The maximum Gasteiger partial charge on any atom is 0.410 e. The molecular formula is C26H25NO4. The molecule has 0 aromatic heterocycles. The fourth-order valence-electron chi connectivity index (χ4n) is 4.80. The van der Waals surface area contributed by atoms with E-state index in [9.17, 15) is 9.59 Å². The molecule has 3 aromatic rings. The first-order valence-electron chi connectivity index (χ1n) is 10.8. The maximum atomic E-state index is 13.3. The summed E-state index contributed by atoms with van der Waals surface area (Å²) in [6, 6.07) is 23.3. The number of hydrogen-bond donors (Lipinski definition) is 0. The number of morpholine rings is 1. The largest absolute Gasteiger partial charge is 0.445 e. The minimum absolute atomic E-state index is 0.113. The number of fused-ring (bicyclic) bond motifs is 3. The third-order valence-electron chi connectivity index (χ3n) is 6.34. The van der Waals surface area contributed by atoms with Gasteiger partial charge in [0, 0.05) is 11.5 Å². The van der Waals surface area contributed by atoms with Gasteiger partial charge in [0.05, 0.1) is 25.3 Å². The van der Waals surface area contributed by atoms with E-state index in [2.05, 4.69) is 0 Å². The zero-order chi connectivity index (χ0) is 21.2. The highest BCUT2D eigenvalue weighted by atomic mass is 16.6. The number of rotatable bonds is 4. The van der Waals surface area contributed by atoms with Crippen molar-refractivity contribution in [3.8, 4) is 0 Å². The number of nitrogens with zero attached hydrogens (tertiary/aromatic N) is 1. The summed E-state index contributed by atoms with van der Waals surface area (Å²) in [5.41, 5.74) is 1.70. The van der Waals surface area contributed by atoms with Gasteiger partial charge >= 0.3 is 6.09 Å². The third kappa shape index (κ3) is 4.06. The highest BCUT2D eigenvalue weighted by Crippen LogP contribution is 2.34. The van der Waals surface area contributed by atoms with E-state index in [1.54, 1.807) is 4.90 Å². The first-order valence-corrected chi connectivity index (χ1v) is 10.8. The molecule has 5 nitrogen and oxygen atoms in total. The highest BCUT2D eigenvalue weighted by molar-refractivity contribution is 6.01. The Labute approximate surface area is 181 Å². The van der Waals surface area contributed by atoms with Crippen LogP contribution in [-0.2, 0) is 16.1 Å². The molecule has 1 amide bonds. The second-order valence-electron chi connectivity index (χ2n) is 8.39. The van der Waals surface area contributed by atoms with Crippen LogP contribution in [0.15, 0.2) is 72.8 Å². The van der Waals surface area contributed by atoms with Gasteiger partial charge in [-0.3, -0.25) is 9.69 Å². The first kappa shape index (κ1) is 19.8. The Hall–Kier alpha value is -3.18. The van der Waals surface area contributed by atoms with Crippen LogP contribution in [0.25, 0.3) is 10.8 Å². The number of carbonyl (C=O) groups excluding carboxylic acids is 2. The molecule has 31 heavy (non-hydrogen) atoms. The number of carbonyl (C=O) groups is 2. The molecule has 0 radical (unpaired) electrons. The predicted molar refractivity (Wildman–Crippen MR) is 118 cm³/mol. The molecule has 5 rings (SSSR count). The lowest BCUT2D eigenvalue weighted by Crippen LogP contribution is -2.59. The lowest BCUT2D eigenvalue weighted by molar-refractivity contribution is -0.0755. The number of hydrogen-bond acceptors (Lipinski definition) is 4. The number of amides is 1. The molecule has 0 N–H and O–H groups in total. The van der Waals surface area contributed by atoms with Crippen LogP contribution in [-0.4, -0.2) is 42.1 Å². The van der Waals surface area contributed by atoms with E-state index >= 15 is 0 Å². The van der Waals surface area contributed by atoms with E-state index in [-0.39, 0.29) is 36.5 Å². The predicted octanol–water partition coefficient (Wildman–Crippen LogP) is 4.84. The topological polar surface area (TPSA) is 55.8 Å². The number of Topliss-reactive ketones (excluding diaryl/α,β-unsaturated/α-hetero) is 1. The van der Waals surface area contributed by atoms with Gasteiger partial charge in [0.25, 0.3) is 0 Å². The molecule has 2 bridgehead atoms. The molecule has 158 valence electrons. The Morgan fingerprint density at radius 1 is 0.871 bits per heavy atom. The van der Waals surface area contributed by atoms with Crippen molar-refractivity contribution >= 4 is 22.6 Å². The Kier molecular flexibility index (Phi) is 5.43. The van der Waals surface area contributed by atoms with Crippen molar-refractivity contribution < 1.29 is 19.1 Å². The summed E-state index contributed by atoms with van der Waals surface area (Å²) in [5.74, 6) is 0.0400. The van der Waals surface area contributed by atoms with Gasteiger partial charge in [0.15, 0.2) is 5.78 Å². The summed E-state index contributed by atoms with van der Waals surface area (Å²) >= 11 is 0. The van der Waals surface area contributed by atoms with Crippen molar-refractivity contribution in [1.82, 2.24) is 4.90 Å². The maximum absolute atomic E-state index is 13.3. The fraction of sp³-hybridized carbons (Fsp3) is 0.308. The van der Waals surface area contributed by atoms with E-state index in [4.69, 9.17) is 9.47 Å². The van der Waals surface area contributed by atoms with Crippen LogP contribution < -0.4 is 0 Å². The minimum Gasteiger partial charge on any atom is -0.445 e. The molecular weight excluding hydrogens is 390 g/mol. The first-order chi connectivity index (χ1) is 15.2. The van der Waals surface area contributed by atoms with E-state index < -0.39 is 0 Å². The Morgan fingerprint density at radius 3 is 2.29 bits per heavy atom. The van der Waals surface area contributed by atoms with Gasteiger partial charge in [0.1, 0.15) is 6.61 Å². The van der Waals surface area contributed by atoms with Gasteiger partial charge in [0.2, 0.25) is 0 Å². The summed E-state index contributed by atoms with van der Waals surface area (Å²) in [7, 11) is 0. The van der Waals surface area contributed by atoms with Crippen LogP contribution in [0, 0.1) is 5.92 Å². The van der Waals surface area contributed by atoms with Gasteiger partial charge < -0.3 is 9.47 Å². The number of ketones is 1. The number of benzene rings is 3. The van der Waals surface area contributed by atoms with Crippen LogP contribution in [0.2, 0.25) is 0 Å². The number of piperidine rings is 1.